The molecule has 0 radical (unpaired) electrons. The van der Waals surface area contributed by atoms with Crippen molar-refractivity contribution in [2.75, 3.05) is 10.6 Å². The molecule has 7 heteroatoms. The van der Waals surface area contributed by atoms with E-state index in [1.807, 2.05) is 30.3 Å². The second kappa shape index (κ2) is 6.65. The maximum absolute atomic E-state index is 12.4. The number of carbonyl (C=O) groups is 1. The highest BCUT2D eigenvalue weighted by atomic mass is 35.5. The van der Waals surface area contributed by atoms with Crippen molar-refractivity contribution in [1.29, 1.82) is 0 Å². The number of nitrogens with zero attached hydrogens (tertiary/aromatic N) is 3. The van der Waals surface area contributed by atoms with Gasteiger partial charge in [-0.3, -0.25) is 10.1 Å². The average Bonchev–Trinajstić information content (AvgIpc) is 3.04. The first kappa shape index (κ1) is 16.4. The molecule has 1 unspecified atom stereocenters. The Kier molecular flexibility index (Phi) is 4.18. The van der Waals surface area contributed by atoms with Crippen LogP contribution in [0.1, 0.15) is 28.4 Å². The van der Waals surface area contributed by atoms with Crippen molar-refractivity contribution in [1.82, 2.24) is 14.8 Å². The zero-order valence-electron chi connectivity index (χ0n) is 13.8. The number of hydrogen-bond acceptors (Lipinski definition) is 4. The van der Waals surface area contributed by atoms with Crippen molar-refractivity contribution in [3.63, 3.8) is 0 Å². The van der Waals surface area contributed by atoms with E-state index in [1.54, 1.807) is 28.9 Å². The number of halogens is 1. The van der Waals surface area contributed by atoms with Crippen LogP contribution in [-0.4, -0.2) is 20.7 Å². The Labute approximate surface area is 155 Å². The number of allylic oxidation sites excluding steroid dienone is 1. The summed E-state index contributed by atoms with van der Waals surface area (Å²) in [5.41, 5.74) is 2.45. The molecule has 1 aliphatic heterocycles. The van der Waals surface area contributed by atoms with Crippen LogP contribution in [0.25, 0.3) is 0 Å². The standard InChI is InChI=1S/C19H16ClN5O/c1-12-11-16(13-5-3-2-4-6-13)25-19(21-12)23-18(24-25)22-17(26)14-7-9-15(20)10-8-14/h2-10,16H,1,11H2,(H2,21,22,23,24,26). The average molecular weight is 366 g/mol. The number of fused-ring (bicyclic) bond motifs is 1. The van der Waals surface area contributed by atoms with E-state index in [0.717, 1.165) is 11.3 Å². The Morgan fingerprint density at radius 1 is 1.19 bits per heavy atom. The number of rotatable bonds is 3. The second-order valence-corrected chi connectivity index (χ2v) is 6.46. The summed E-state index contributed by atoms with van der Waals surface area (Å²) >= 11 is 5.86. The molecular formula is C19H16ClN5O. The number of benzene rings is 2. The van der Waals surface area contributed by atoms with Crippen LogP contribution in [0.2, 0.25) is 5.02 Å². The first-order valence-corrected chi connectivity index (χ1v) is 8.51. The summed E-state index contributed by atoms with van der Waals surface area (Å²) in [7, 11) is 0. The van der Waals surface area contributed by atoms with Crippen LogP contribution >= 0.6 is 11.6 Å². The van der Waals surface area contributed by atoms with Crippen molar-refractivity contribution in [2.24, 2.45) is 0 Å². The Morgan fingerprint density at radius 3 is 2.65 bits per heavy atom. The van der Waals surface area contributed by atoms with Crippen LogP contribution in [0, 0.1) is 0 Å². The maximum Gasteiger partial charge on any atom is 0.258 e. The lowest BCUT2D eigenvalue weighted by atomic mass is 10.0. The van der Waals surface area contributed by atoms with Crippen molar-refractivity contribution in [3.05, 3.63) is 83.0 Å². The summed E-state index contributed by atoms with van der Waals surface area (Å²) in [6, 6.07) is 16.6. The minimum absolute atomic E-state index is 0.0198. The summed E-state index contributed by atoms with van der Waals surface area (Å²) in [6.07, 6.45) is 0.699. The quantitative estimate of drug-likeness (QED) is 0.733. The van der Waals surface area contributed by atoms with Gasteiger partial charge in [0.05, 0.1) is 6.04 Å². The van der Waals surface area contributed by atoms with Crippen LogP contribution in [0.4, 0.5) is 11.9 Å². The van der Waals surface area contributed by atoms with Gasteiger partial charge in [0.2, 0.25) is 5.95 Å². The van der Waals surface area contributed by atoms with Gasteiger partial charge < -0.3 is 5.32 Å². The number of carbonyl (C=O) groups excluding carboxylic acids is 1. The van der Waals surface area contributed by atoms with E-state index in [0.29, 0.717) is 23.0 Å². The van der Waals surface area contributed by atoms with Gasteiger partial charge in [0.25, 0.3) is 11.9 Å². The summed E-state index contributed by atoms with van der Waals surface area (Å²) in [5, 5.41) is 10.9. The number of nitrogens with one attached hydrogen (secondary N) is 2. The van der Waals surface area contributed by atoms with Crippen LogP contribution < -0.4 is 10.6 Å². The SMILES string of the molecule is C=C1CC(c2ccccc2)n2nc(NC(=O)c3ccc(Cl)cc3)nc2N1. The largest absolute Gasteiger partial charge is 0.329 e. The van der Waals surface area contributed by atoms with Gasteiger partial charge in [-0.1, -0.05) is 48.5 Å². The van der Waals surface area contributed by atoms with Crippen LogP contribution in [0.3, 0.4) is 0 Å². The number of hydrogen-bond donors (Lipinski definition) is 2. The number of aromatic nitrogens is 3. The smallest absolute Gasteiger partial charge is 0.258 e. The molecule has 26 heavy (non-hydrogen) atoms. The molecule has 0 spiro atoms. The molecular weight excluding hydrogens is 350 g/mol. The second-order valence-electron chi connectivity index (χ2n) is 6.02. The van der Waals surface area contributed by atoms with Crippen LogP contribution in [-0.2, 0) is 0 Å². The molecule has 1 aromatic heterocycles. The minimum atomic E-state index is -0.292. The molecule has 4 rings (SSSR count). The summed E-state index contributed by atoms with van der Waals surface area (Å²) in [4.78, 5) is 16.8. The van der Waals surface area contributed by atoms with Gasteiger partial charge in [-0.05, 0) is 29.8 Å². The molecule has 0 saturated heterocycles. The fourth-order valence-electron chi connectivity index (χ4n) is 2.92. The molecule has 1 amide bonds. The lowest BCUT2D eigenvalue weighted by molar-refractivity contribution is 0.102. The first-order chi connectivity index (χ1) is 12.6. The van der Waals surface area contributed by atoms with Gasteiger partial charge in [-0.15, -0.1) is 5.10 Å². The van der Waals surface area contributed by atoms with Crippen LogP contribution in [0.5, 0.6) is 0 Å². The van der Waals surface area contributed by atoms with E-state index >= 15 is 0 Å². The van der Waals surface area contributed by atoms with Crippen molar-refractivity contribution < 1.29 is 4.79 Å². The minimum Gasteiger partial charge on any atom is -0.329 e. The van der Waals surface area contributed by atoms with E-state index in [1.165, 1.54) is 0 Å². The molecule has 2 aromatic carbocycles. The van der Waals surface area contributed by atoms with Crippen LogP contribution in [0.15, 0.2) is 66.9 Å². The third-order valence-electron chi connectivity index (χ3n) is 4.17. The highest BCUT2D eigenvalue weighted by Crippen LogP contribution is 2.32. The molecule has 6 nitrogen and oxygen atoms in total. The van der Waals surface area contributed by atoms with E-state index in [-0.39, 0.29) is 17.9 Å². The Morgan fingerprint density at radius 2 is 1.92 bits per heavy atom. The van der Waals surface area contributed by atoms with Gasteiger partial charge in [-0.25, -0.2) is 4.68 Å². The highest BCUT2D eigenvalue weighted by molar-refractivity contribution is 6.30. The van der Waals surface area contributed by atoms with Gasteiger partial charge in [0.1, 0.15) is 0 Å². The van der Waals surface area contributed by atoms with Crippen molar-refractivity contribution in [3.8, 4) is 0 Å². The Bertz CT molecular complexity index is 965. The molecule has 2 N–H and O–H groups in total. The normalized spacial score (nSPS) is 15.9. The Balaban J connectivity index is 1.61. The monoisotopic (exact) mass is 365 g/mol. The zero-order valence-corrected chi connectivity index (χ0v) is 14.6. The van der Waals surface area contributed by atoms with Gasteiger partial charge in [-0.2, -0.15) is 4.98 Å². The van der Waals surface area contributed by atoms with Crippen molar-refractivity contribution in [2.45, 2.75) is 12.5 Å². The van der Waals surface area contributed by atoms with E-state index in [2.05, 4.69) is 27.3 Å². The number of amides is 1. The predicted octanol–water partition coefficient (Wildman–Crippen LogP) is 4.10. The zero-order chi connectivity index (χ0) is 18.1. The lowest BCUT2D eigenvalue weighted by Gasteiger charge is -2.26. The predicted molar refractivity (Wildman–Crippen MR) is 101 cm³/mol. The van der Waals surface area contributed by atoms with Gasteiger partial charge >= 0.3 is 0 Å². The summed E-state index contributed by atoms with van der Waals surface area (Å²) in [5.74, 6) is 0.504. The van der Waals surface area contributed by atoms with E-state index in [4.69, 9.17) is 11.6 Å². The van der Waals surface area contributed by atoms with Gasteiger partial charge in [0.15, 0.2) is 0 Å². The molecule has 0 bridgehead atoms. The fourth-order valence-corrected chi connectivity index (χ4v) is 3.04. The molecule has 130 valence electrons. The van der Waals surface area contributed by atoms with E-state index < -0.39 is 0 Å². The summed E-state index contributed by atoms with van der Waals surface area (Å²) < 4.78 is 1.78. The Hall–Kier alpha value is -3.12. The highest BCUT2D eigenvalue weighted by Gasteiger charge is 2.26. The fraction of sp³-hybridized carbons (Fsp3) is 0.105. The third kappa shape index (κ3) is 3.19. The van der Waals surface area contributed by atoms with E-state index in [9.17, 15) is 4.79 Å². The molecule has 2 heterocycles. The first-order valence-electron chi connectivity index (χ1n) is 8.13. The number of anilines is 2. The third-order valence-corrected chi connectivity index (χ3v) is 4.42. The molecule has 0 saturated carbocycles. The summed E-state index contributed by atoms with van der Waals surface area (Å²) in [6.45, 7) is 4.02. The maximum atomic E-state index is 12.4. The molecule has 0 fully saturated rings. The molecule has 0 aliphatic carbocycles. The lowest BCUT2D eigenvalue weighted by Crippen LogP contribution is -2.23. The van der Waals surface area contributed by atoms with Gasteiger partial charge in [0, 0.05) is 22.7 Å². The molecule has 1 aliphatic rings. The van der Waals surface area contributed by atoms with Crippen molar-refractivity contribution >= 4 is 29.4 Å². The topological polar surface area (TPSA) is 71.8 Å². The molecule has 1 atom stereocenters. The molecule has 3 aromatic rings.